The Morgan fingerprint density at radius 1 is 1.39 bits per heavy atom. The van der Waals surface area contributed by atoms with E-state index in [2.05, 4.69) is 40.3 Å². The highest BCUT2D eigenvalue weighted by molar-refractivity contribution is 5.66. The van der Waals surface area contributed by atoms with Gasteiger partial charge in [-0.15, -0.1) is 0 Å². The van der Waals surface area contributed by atoms with Gasteiger partial charge < -0.3 is 15.4 Å². The van der Waals surface area contributed by atoms with Gasteiger partial charge in [0.1, 0.15) is 18.2 Å². The van der Waals surface area contributed by atoms with E-state index in [1.54, 1.807) is 0 Å². The number of likely N-dealkylation sites (N-methyl/N-ethyl adjacent to an activating group) is 1. The van der Waals surface area contributed by atoms with E-state index in [0.717, 1.165) is 25.7 Å². The molecule has 0 aliphatic heterocycles. The first-order chi connectivity index (χ1) is 13.4. The summed E-state index contributed by atoms with van der Waals surface area (Å²) < 4.78 is 5.37. The minimum atomic E-state index is -0.389. The number of aromatic nitrogens is 2. The third-order valence-electron chi connectivity index (χ3n) is 5.50. The van der Waals surface area contributed by atoms with Gasteiger partial charge in [0.25, 0.3) is 0 Å². The minimum Gasteiger partial charge on any atom is -0.463 e. The zero-order chi connectivity index (χ0) is 20.1. The molecule has 1 saturated carbocycles. The predicted octanol–water partition coefficient (Wildman–Crippen LogP) is 2.71. The maximum atomic E-state index is 11.4. The van der Waals surface area contributed by atoms with E-state index in [1.807, 2.05) is 18.0 Å². The number of carbonyl (C=O) groups is 1. The molecular weight excluding hydrogens is 354 g/mol. The second-order valence-electron chi connectivity index (χ2n) is 7.44. The van der Waals surface area contributed by atoms with Crippen LogP contribution in [0.5, 0.6) is 0 Å². The SMILES string of the molecule is CC(=O)OCC1(N(C)c2nc(N)ncc2C#N)CC(CCc2ccccc2)C1. The van der Waals surface area contributed by atoms with Crippen LogP contribution in [0.3, 0.4) is 0 Å². The first-order valence-corrected chi connectivity index (χ1v) is 9.37. The molecule has 146 valence electrons. The number of anilines is 2. The molecule has 7 nitrogen and oxygen atoms in total. The summed E-state index contributed by atoms with van der Waals surface area (Å²) in [6.07, 6.45) is 5.23. The van der Waals surface area contributed by atoms with Crippen LogP contribution in [0.25, 0.3) is 0 Å². The van der Waals surface area contributed by atoms with E-state index in [0.29, 0.717) is 17.3 Å². The maximum absolute atomic E-state index is 11.4. The second kappa shape index (κ2) is 8.26. The summed E-state index contributed by atoms with van der Waals surface area (Å²) in [5.41, 5.74) is 7.03. The summed E-state index contributed by atoms with van der Waals surface area (Å²) in [5, 5.41) is 9.41. The molecule has 1 aliphatic carbocycles. The van der Waals surface area contributed by atoms with Crippen molar-refractivity contribution in [1.29, 1.82) is 5.26 Å². The largest absolute Gasteiger partial charge is 0.463 e. The number of nitrogens with zero attached hydrogens (tertiary/aromatic N) is 4. The Morgan fingerprint density at radius 2 is 2.11 bits per heavy atom. The number of nitrogen functional groups attached to an aromatic ring is 1. The highest BCUT2D eigenvalue weighted by atomic mass is 16.5. The minimum absolute atomic E-state index is 0.114. The lowest BCUT2D eigenvalue weighted by molar-refractivity contribution is -0.144. The summed E-state index contributed by atoms with van der Waals surface area (Å²) in [6.45, 7) is 1.66. The van der Waals surface area contributed by atoms with E-state index in [9.17, 15) is 10.1 Å². The Labute approximate surface area is 165 Å². The lowest BCUT2D eigenvalue weighted by Gasteiger charge is -2.53. The molecule has 0 unspecified atom stereocenters. The second-order valence-corrected chi connectivity index (χ2v) is 7.44. The number of aryl methyl sites for hydroxylation is 1. The number of carbonyl (C=O) groups excluding carboxylic acids is 1. The predicted molar refractivity (Wildman–Crippen MR) is 106 cm³/mol. The van der Waals surface area contributed by atoms with Gasteiger partial charge in [-0.3, -0.25) is 4.79 Å². The summed E-state index contributed by atoms with van der Waals surface area (Å²) in [7, 11) is 1.87. The van der Waals surface area contributed by atoms with E-state index in [1.165, 1.54) is 18.7 Å². The average molecular weight is 379 g/mol. The first-order valence-electron chi connectivity index (χ1n) is 9.37. The maximum Gasteiger partial charge on any atom is 0.302 e. The monoisotopic (exact) mass is 379 g/mol. The molecule has 1 heterocycles. The average Bonchev–Trinajstić information content (AvgIpc) is 2.66. The van der Waals surface area contributed by atoms with Crippen LogP contribution in [0.2, 0.25) is 0 Å². The Hall–Kier alpha value is -3.14. The topological polar surface area (TPSA) is 105 Å². The van der Waals surface area contributed by atoms with Crippen molar-refractivity contribution in [3.8, 4) is 6.07 Å². The van der Waals surface area contributed by atoms with Crippen molar-refractivity contribution in [3.63, 3.8) is 0 Å². The van der Waals surface area contributed by atoms with Crippen LogP contribution >= 0.6 is 0 Å². The van der Waals surface area contributed by atoms with Crippen LogP contribution in [0.1, 0.15) is 37.3 Å². The Balaban J connectivity index is 1.74. The highest BCUT2D eigenvalue weighted by Crippen LogP contribution is 2.46. The summed E-state index contributed by atoms with van der Waals surface area (Å²) >= 11 is 0. The lowest BCUT2D eigenvalue weighted by Crippen LogP contribution is -2.60. The molecule has 1 fully saturated rings. The summed E-state index contributed by atoms with van der Waals surface area (Å²) in [6, 6.07) is 12.5. The molecule has 0 amide bonds. The normalized spacial score (nSPS) is 20.7. The van der Waals surface area contributed by atoms with Gasteiger partial charge in [0.15, 0.2) is 5.82 Å². The van der Waals surface area contributed by atoms with Gasteiger partial charge in [0.2, 0.25) is 5.95 Å². The van der Waals surface area contributed by atoms with Crippen LogP contribution in [0, 0.1) is 17.2 Å². The Bertz CT molecular complexity index is 872. The Morgan fingerprint density at radius 3 is 2.75 bits per heavy atom. The van der Waals surface area contributed by atoms with Gasteiger partial charge >= 0.3 is 5.97 Å². The first kappa shape index (κ1) is 19.6. The lowest BCUT2D eigenvalue weighted by atomic mass is 9.65. The third-order valence-corrected chi connectivity index (χ3v) is 5.50. The van der Waals surface area contributed by atoms with E-state index in [-0.39, 0.29) is 24.1 Å². The molecule has 0 saturated heterocycles. The molecule has 7 heteroatoms. The standard InChI is InChI=1S/C21H25N5O2/c1-15(27)28-14-21(26(2)19-18(12-22)13-24-20(23)25-19)10-17(11-21)9-8-16-6-4-3-5-7-16/h3-7,13,17H,8-11,14H2,1-2H3,(H2,23,24,25). The molecule has 2 N–H and O–H groups in total. The van der Waals surface area contributed by atoms with Crippen molar-refractivity contribution in [2.45, 2.75) is 38.1 Å². The summed E-state index contributed by atoms with van der Waals surface area (Å²) in [4.78, 5) is 21.5. The number of nitrogens with two attached hydrogens (primary N) is 1. The van der Waals surface area contributed by atoms with Crippen LogP contribution in [0.4, 0.5) is 11.8 Å². The highest BCUT2D eigenvalue weighted by Gasteiger charge is 2.49. The number of hydrogen-bond donors (Lipinski definition) is 1. The molecule has 1 aromatic carbocycles. The fourth-order valence-electron chi connectivity index (χ4n) is 3.90. The molecule has 0 atom stereocenters. The van der Waals surface area contributed by atoms with Gasteiger partial charge in [-0.1, -0.05) is 30.3 Å². The van der Waals surface area contributed by atoms with Crippen LogP contribution in [-0.2, 0) is 16.0 Å². The molecular formula is C21H25N5O2. The van der Waals surface area contributed by atoms with Crippen molar-refractivity contribution >= 4 is 17.7 Å². The number of benzene rings is 1. The molecule has 28 heavy (non-hydrogen) atoms. The van der Waals surface area contributed by atoms with Crippen molar-refractivity contribution < 1.29 is 9.53 Å². The molecule has 0 radical (unpaired) electrons. The van der Waals surface area contributed by atoms with Crippen LogP contribution < -0.4 is 10.6 Å². The number of nitriles is 1. The molecule has 0 spiro atoms. The van der Waals surface area contributed by atoms with Gasteiger partial charge in [-0.2, -0.15) is 10.2 Å². The number of esters is 1. The number of ether oxygens (including phenoxy) is 1. The van der Waals surface area contributed by atoms with Crippen molar-refractivity contribution in [1.82, 2.24) is 9.97 Å². The van der Waals surface area contributed by atoms with Gasteiger partial charge in [-0.25, -0.2) is 4.98 Å². The molecule has 1 aromatic heterocycles. The van der Waals surface area contributed by atoms with Gasteiger partial charge in [0, 0.05) is 14.0 Å². The van der Waals surface area contributed by atoms with Gasteiger partial charge in [-0.05, 0) is 37.2 Å². The Kier molecular flexibility index (Phi) is 5.78. The molecule has 3 rings (SSSR count). The number of rotatable bonds is 7. The summed E-state index contributed by atoms with van der Waals surface area (Å²) in [5.74, 6) is 0.790. The van der Waals surface area contributed by atoms with Crippen molar-refractivity contribution in [2.24, 2.45) is 5.92 Å². The van der Waals surface area contributed by atoms with Gasteiger partial charge in [0.05, 0.1) is 11.7 Å². The fourth-order valence-corrected chi connectivity index (χ4v) is 3.90. The fraction of sp³-hybridized carbons (Fsp3) is 0.429. The third kappa shape index (κ3) is 4.22. The molecule has 2 aromatic rings. The molecule has 0 bridgehead atoms. The zero-order valence-corrected chi connectivity index (χ0v) is 16.3. The smallest absolute Gasteiger partial charge is 0.302 e. The zero-order valence-electron chi connectivity index (χ0n) is 16.3. The quantitative estimate of drug-likeness (QED) is 0.737. The van der Waals surface area contributed by atoms with Crippen LogP contribution in [0.15, 0.2) is 36.5 Å². The van der Waals surface area contributed by atoms with Crippen molar-refractivity contribution in [2.75, 3.05) is 24.3 Å². The van der Waals surface area contributed by atoms with E-state index in [4.69, 9.17) is 10.5 Å². The van der Waals surface area contributed by atoms with Crippen molar-refractivity contribution in [3.05, 3.63) is 47.7 Å². The molecule has 1 aliphatic rings. The number of hydrogen-bond acceptors (Lipinski definition) is 7. The van der Waals surface area contributed by atoms with Crippen LogP contribution in [-0.4, -0.2) is 35.1 Å². The van der Waals surface area contributed by atoms with E-state index < -0.39 is 0 Å². The van der Waals surface area contributed by atoms with E-state index >= 15 is 0 Å².